The van der Waals surface area contributed by atoms with Crippen molar-refractivity contribution >= 4 is 29.0 Å². The topological polar surface area (TPSA) is 61.9 Å². The molecule has 0 aliphatic carbocycles. The maximum atomic E-state index is 13.7. The second kappa shape index (κ2) is 11.6. The number of benzene rings is 2. The third-order valence-corrected chi connectivity index (χ3v) is 7.83. The number of anilines is 1. The number of carbonyl (C=O) groups excluding carboxylic acids is 2. The van der Waals surface area contributed by atoms with Crippen molar-refractivity contribution in [3.8, 4) is 5.75 Å². The predicted octanol–water partition coefficient (Wildman–Crippen LogP) is 6.20. The number of amides is 3. The number of carbonyl (C=O) groups is 2. The molecule has 36 heavy (non-hydrogen) atoms. The van der Waals surface area contributed by atoms with Crippen LogP contribution in [0.4, 0.5) is 10.5 Å². The maximum Gasteiger partial charge on any atom is 0.322 e. The Hall–Kier alpha value is -3.32. The van der Waals surface area contributed by atoms with E-state index in [0.29, 0.717) is 13.2 Å². The average molecular weight is 506 g/mol. The van der Waals surface area contributed by atoms with Crippen molar-refractivity contribution < 1.29 is 14.3 Å². The van der Waals surface area contributed by atoms with Crippen molar-refractivity contribution in [2.75, 3.05) is 25.0 Å². The van der Waals surface area contributed by atoms with Crippen LogP contribution in [0.25, 0.3) is 0 Å². The predicted molar refractivity (Wildman–Crippen MR) is 146 cm³/mol. The first-order valence-electron chi connectivity index (χ1n) is 12.5. The van der Waals surface area contributed by atoms with E-state index in [1.807, 2.05) is 81.1 Å². The Morgan fingerprint density at radius 1 is 1.08 bits per heavy atom. The van der Waals surface area contributed by atoms with Crippen LogP contribution in [0, 0.1) is 13.8 Å². The van der Waals surface area contributed by atoms with Crippen molar-refractivity contribution in [2.45, 2.75) is 52.6 Å². The van der Waals surface area contributed by atoms with Crippen LogP contribution in [0.15, 0.2) is 60.0 Å². The summed E-state index contributed by atoms with van der Waals surface area (Å²) >= 11 is 1.73. The van der Waals surface area contributed by atoms with E-state index in [9.17, 15) is 9.59 Å². The normalized spacial score (nSPS) is 15.7. The molecule has 3 aromatic rings. The van der Waals surface area contributed by atoms with Crippen LogP contribution in [0.5, 0.6) is 5.75 Å². The minimum atomic E-state index is -0.262. The van der Waals surface area contributed by atoms with E-state index >= 15 is 0 Å². The lowest BCUT2D eigenvalue weighted by Crippen LogP contribution is -2.50. The molecule has 1 aliphatic heterocycles. The Kier molecular flexibility index (Phi) is 8.31. The van der Waals surface area contributed by atoms with Crippen LogP contribution >= 0.6 is 11.3 Å². The Bertz CT molecular complexity index is 1170. The van der Waals surface area contributed by atoms with E-state index in [1.54, 1.807) is 16.2 Å². The fraction of sp³-hybridized carbons (Fsp3) is 0.379. The van der Waals surface area contributed by atoms with Crippen LogP contribution in [-0.2, 0) is 11.2 Å². The highest BCUT2D eigenvalue weighted by Crippen LogP contribution is 2.34. The Labute approximate surface area is 217 Å². The van der Waals surface area contributed by atoms with E-state index in [-0.39, 0.29) is 30.6 Å². The second-order valence-electron chi connectivity index (χ2n) is 9.46. The van der Waals surface area contributed by atoms with Crippen LogP contribution in [-0.4, -0.2) is 47.5 Å². The molecule has 0 bridgehead atoms. The van der Waals surface area contributed by atoms with Crippen LogP contribution < -0.4 is 10.1 Å². The lowest BCUT2D eigenvalue weighted by Gasteiger charge is -2.38. The number of thiophene rings is 1. The van der Waals surface area contributed by atoms with E-state index in [0.717, 1.165) is 35.4 Å². The van der Waals surface area contributed by atoms with Gasteiger partial charge in [-0.3, -0.25) is 4.79 Å². The first-order valence-corrected chi connectivity index (χ1v) is 13.4. The maximum absolute atomic E-state index is 13.7. The molecule has 0 spiro atoms. The van der Waals surface area contributed by atoms with Crippen LogP contribution in [0.1, 0.15) is 47.9 Å². The summed E-state index contributed by atoms with van der Waals surface area (Å²) in [6.07, 6.45) is 1.57. The summed E-state index contributed by atoms with van der Waals surface area (Å²) in [5.41, 5.74) is 4.16. The molecule has 1 aromatic heterocycles. The summed E-state index contributed by atoms with van der Waals surface area (Å²) in [5, 5.41) is 5.04. The zero-order valence-corrected chi connectivity index (χ0v) is 22.3. The zero-order valence-electron chi connectivity index (χ0n) is 21.5. The van der Waals surface area contributed by atoms with Gasteiger partial charge in [-0.1, -0.05) is 42.3 Å². The van der Waals surface area contributed by atoms with Gasteiger partial charge in [0, 0.05) is 23.2 Å². The largest absolute Gasteiger partial charge is 0.491 e. The fourth-order valence-corrected chi connectivity index (χ4v) is 5.33. The summed E-state index contributed by atoms with van der Waals surface area (Å²) in [7, 11) is 0. The van der Waals surface area contributed by atoms with Gasteiger partial charge in [0.15, 0.2) is 0 Å². The summed E-state index contributed by atoms with van der Waals surface area (Å²) < 4.78 is 6.13. The van der Waals surface area contributed by atoms with Gasteiger partial charge in [-0.15, -0.1) is 11.3 Å². The van der Waals surface area contributed by atoms with Gasteiger partial charge in [-0.05, 0) is 74.9 Å². The Morgan fingerprint density at radius 2 is 1.75 bits per heavy atom. The molecule has 1 N–H and O–H groups in total. The van der Waals surface area contributed by atoms with Crippen molar-refractivity contribution in [1.29, 1.82) is 0 Å². The third-order valence-electron chi connectivity index (χ3n) is 6.84. The second-order valence-corrected chi connectivity index (χ2v) is 10.5. The molecule has 2 heterocycles. The van der Waals surface area contributed by atoms with Gasteiger partial charge >= 0.3 is 6.03 Å². The van der Waals surface area contributed by atoms with Gasteiger partial charge in [0.2, 0.25) is 5.91 Å². The highest BCUT2D eigenvalue weighted by Gasteiger charge is 2.34. The molecule has 190 valence electrons. The number of urea groups is 1. The summed E-state index contributed by atoms with van der Waals surface area (Å²) in [5.74, 6) is 0.720. The van der Waals surface area contributed by atoms with Gasteiger partial charge < -0.3 is 19.9 Å². The minimum absolute atomic E-state index is 0.0210. The SMILES string of the molecule is CC[C@@H](C)N(CC(=O)N1CCc2sccc2[C@@H]1COc1ccc(C)cc1)C(=O)Nc1ccc(C)cc1. The van der Waals surface area contributed by atoms with E-state index < -0.39 is 0 Å². The van der Waals surface area contributed by atoms with E-state index in [4.69, 9.17) is 4.74 Å². The average Bonchev–Trinajstić information content (AvgIpc) is 3.36. The molecule has 1 aliphatic rings. The minimum Gasteiger partial charge on any atom is -0.491 e. The van der Waals surface area contributed by atoms with Crippen molar-refractivity contribution in [2.24, 2.45) is 0 Å². The number of ether oxygens (including phenoxy) is 1. The fourth-order valence-electron chi connectivity index (χ4n) is 4.40. The van der Waals surface area contributed by atoms with Gasteiger partial charge in [-0.25, -0.2) is 4.79 Å². The van der Waals surface area contributed by atoms with Crippen molar-refractivity contribution in [3.63, 3.8) is 0 Å². The zero-order chi connectivity index (χ0) is 25.7. The Morgan fingerprint density at radius 3 is 2.42 bits per heavy atom. The monoisotopic (exact) mass is 505 g/mol. The van der Waals surface area contributed by atoms with Crippen LogP contribution in [0.2, 0.25) is 0 Å². The van der Waals surface area contributed by atoms with Gasteiger partial charge in [0.05, 0.1) is 6.04 Å². The van der Waals surface area contributed by atoms with E-state index in [2.05, 4.69) is 16.8 Å². The molecular weight excluding hydrogens is 470 g/mol. The number of hydrogen-bond donors (Lipinski definition) is 1. The van der Waals surface area contributed by atoms with Gasteiger partial charge in [0.1, 0.15) is 18.9 Å². The summed E-state index contributed by atoms with van der Waals surface area (Å²) in [6, 6.07) is 17.2. The smallest absolute Gasteiger partial charge is 0.322 e. The molecule has 7 heteroatoms. The Balaban J connectivity index is 1.50. The molecule has 2 aromatic carbocycles. The number of fused-ring (bicyclic) bond motifs is 1. The molecule has 0 radical (unpaired) electrons. The molecule has 0 unspecified atom stereocenters. The first-order chi connectivity index (χ1) is 17.4. The summed E-state index contributed by atoms with van der Waals surface area (Å²) in [6.45, 7) is 9.06. The van der Waals surface area contributed by atoms with Gasteiger partial charge in [0.25, 0.3) is 0 Å². The van der Waals surface area contributed by atoms with Crippen molar-refractivity contribution in [3.05, 3.63) is 81.5 Å². The molecule has 2 atom stereocenters. The molecule has 0 fully saturated rings. The number of nitrogens with one attached hydrogen (secondary N) is 1. The third kappa shape index (κ3) is 6.08. The van der Waals surface area contributed by atoms with E-state index in [1.165, 1.54) is 10.4 Å². The standard InChI is InChI=1S/C29H35N3O3S/c1-5-22(4)32(29(34)30-23-10-6-20(2)7-11-23)18-28(33)31-16-14-27-25(15-17-36-27)26(31)19-35-24-12-8-21(3)9-13-24/h6-13,15,17,22,26H,5,14,16,18-19H2,1-4H3,(H,30,34)/t22-,26+/m1/s1. The molecule has 6 nitrogen and oxygen atoms in total. The lowest BCUT2D eigenvalue weighted by molar-refractivity contribution is -0.135. The number of hydrogen-bond acceptors (Lipinski definition) is 4. The lowest BCUT2D eigenvalue weighted by atomic mass is 10.00. The number of aryl methyl sites for hydroxylation is 2. The molecule has 4 rings (SSSR count). The summed E-state index contributed by atoms with van der Waals surface area (Å²) in [4.78, 5) is 31.7. The quantitative estimate of drug-likeness (QED) is 0.396. The molecule has 0 saturated heterocycles. The first kappa shape index (κ1) is 25.8. The number of nitrogens with zero attached hydrogens (tertiary/aromatic N) is 2. The molecule has 0 saturated carbocycles. The van der Waals surface area contributed by atoms with Crippen LogP contribution in [0.3, 0.4) is 0 Å². The van der Waals surface area contributed by atoms with Gasteiger partial charge in [-0.2, -0.15) is 0 Å². The molecule has 3 amide bonds. The number of rotatable bonds is 8. The highest BCUT2D eigenvalue weighted by molar-refractivity contribution is 7.10. The van der Waals surface area contributed by atoms with Crippen molar-refractivity contribution in [1.82, 2.24) is 9.80 Å². The molecular formula is C29H35N3O3S. The highest BCUT2D eigenvalue weighted by atomic mass is 32.1.